The third-order valence-corrected chi connectivity index (χ3v) is 5.17. The van der Waals surface area contributed by atoms with Gasteiger partial charge in [0, 0.05) is 30.1 Å². The van der Waals surface area contributed by atoms with E-state index in [-0.39, 0.29) is 12.5 Å². The SMILES string of the molecule is O=C(OCc1ccc(C(=O)N2CCCC2)cc1)[C@@H]1Cc2cc(Cl)ccc2O1. The lowest BCUT2D eigenvalue weighted by atomic mass is 10.1. The molecule has 0 aromatic heterocycles. The van der Waals surface area contributed by atoms with Crippen LogP contribution in [-0.4, -0.2) is 36.0 Å². The molecule has 0 radical (unpaired) electrons. The van der Waals surface area contributed by atoms with E-state index in [1.807, 2.05) is 17.0 Å². The van der Waals surface area contributed by atoms with Gasteiger partial charge in [-0.25, -0.2) is 4.79 Å². The Labute approximate surface area is 162 Å². The number of esters is 1. The minimum Gasteiger partial charge on any atom is -0.478 e. The van der Waals surface area contributed by atoms with E-state index >= 15 is 0 Å². The summed E-state index contributed by atoms with van der Waals surface area (Å²) in [4.78, 5) is 26.5. The highest BCUT2D eigenvalue weighted by molar-refractivity contribution is 6.30. The first kappa shape index (κ1) is 17.9. The molecule has 0 aliphatic carbocycles. The van der Waals surface area contributed by atoms with Gasteiger partial charge in [-0.05, 0) is 54.3 Å². The van der Waals surface area contributed by atoms with Crippen LogP contribution in [0.3, 0.4) is 0 Å². The van der Waals surface area contributed by atoms with Crippen LogP contribution in [0.1, 0.15) is 34.3 Å². The van der Waals surface area contributed by atoms with Crippen molar-refractivity contribution in [3.05, 3.63) is 64.2 Å². The summed E-state index contributed by atoms with van der Waals surface area (Å²) < 4.78 is 11.0. The highest BCUT2D eigenvalue weighted by Crippen LogP contribution is 2.31. The molecule has 6 heteroatoms. The van der Waals surface area contributed by atoms with E-state index in [0.717, 1.165) is 37.1 Å². The molecule has 0 spiro atoms. The Balaban J connectivity index is 1.31. The monoisotopic (exact) mass is 385 g/mol. The fourth-order valence-electron chi connectivity index (χ4n) is 3.44. The molecule has 27 heavy (non-hydrogen) atoms. The summed E-state index contributed by atoms with van der Waals surface area (Å²) in [5, 5.41) is 0.620. The van der Waals surface area contributed by atoms with Crippen LogP contribution < -0.4 is 4.74 Å². The van der Waals surface area contributed by atoms with Crippen molar-refractivity contribution in [3.8, 4) is 5.75 Å². The number of hydrogen-bond donors (Lipinski definition) is 0. The zero-order valence-electron chi connectivity index (χ0n) is 14.8. The van der Waals surface area contributed by atoms with Crippen molar-refractivity contribution in [1.82, 2.24) is 4.90 Å². The maximum Gasteiger partial charge on any atom is 0.348 e. The van der Waals surface area contributed by atoms with Crippen molar-refractivity contribution in [2.75, 3.05) is 13.1 Å². The van der Waals surface area contributed by atoms with Crippen LogP contribution in [0.2, 0.25) is 5.02 Å². The van der Waals surface area contributed by atoms with Gasteiger partial charge in [-0.3, -0.25) is 4.79 Å². The number of fused-ring (bicyclic) bond motifs is 1. The molecule has 2 aromatic rings. The van der Waals surface area contributed by atoms with Crippen LogP contribution in [0.5, 0.6) is 5.75 Å². The fourth-order valence-corrected chi connectivity index (χ4v) is 3.64. The highest BCUT2D eigenvalue weighted by Gasteiger charge is 2.30. The minimum atomic E-state index is -0.644. The van der Waals surface area contributed by atoms with Gasteiger partial charge < -0.3 is 14.4 Å². The number of nitrogens with zero attached hydrogens (tertiary/aromatic N) is 1. The summed E-state index contributed by atoms with van der Waals surface area (Å²) >= 11 is 5.97. The zero-order valence-corrected chi connectivity index (χ0v) is 15.6. The standard InChI is InChI=1S/C21H20ClNO4/c22-17-7-8-18-16(11-17)12-19(27-18)21(25)26-13-14-3-5-15(6-4-14)20(24)23-9-1-2-10-23/h3-8,11,19H,1-2,9-10,12-13H2/t19-/m0/s1. The average Bonchev–Trinajstić information content (AvgIpc) is 3.35. The number of rotatable bonds is 4. The molecule has 1 saturated heterocycles. The van der Waals surface area contributed by atoms with Crippen LogP contribution in [0.15, 0.2) is 42.5 Å². The summed E-state index contributed by atoms with van der Waals surface area (Å²) in [6, 6.07) is 12.5. The third kappa shape index (κ3) is 3.93. The molecule has 2 heterocycles. The van der Waals surface area contributed by atoms with Crippen molar-refractivity contribution < 1.29 is 19.1 Å². The molecule has 2 aliphatic rings. The van der Waals surface area contributed by atoms with Gasteiger partial charge in [-0.1, -0.05) is 23.7 Å². The van der Waals surface area contributed by atoms with Crippen LogP contribution in [-0.2, 0) is 22.6 Å². The van der Waals surface area contributed by atoms with E-state index in [1.165, 1.54) is 0 Å². The molecule has 0 bridgehead atoms. The molecule has 0 N–H and O–H groups in total. The zero-order chi connectivity index (χ0) is 18.8. The molecule has 1 amide bonds. The Kier molecular flexibility index (Phi) is 5.03. The molecule has 0 saturated carbocycles. The minimum absolute atomic E-state index is 0.0619. The number of ether oxygens (including phenoxy) is 2. The van der Waals surface area contributed by atoms with Gasteiger partial charge in [0.25, 0.3) is 5.91 Å². The Morgan fingerprint density at radius 3 is 2.59 bits per heavy atom. The molecular formula is C21H20ClNO4. The maximum atomic E-state index is 12.3. The van der Waals surface area contributed by atoms with Gasteiger partial charge in [0.2, 0.25) is 0 Å². The van der Waals surface area contributed by atoms with E-state index < -0.39 is 12.1 Å². The quantitative estimate of drug-likeness (QED) is 0.754. The molecule has 5 nitrogen and oxygen atoms in total. The second-order valence-electron chi connectivity index (χ2n) is 6.87. The average molecular weight is 386 g/mol. The maximum absolute atomic E-state index is 12.3. The van der Waals surface area contributed by atoms with Gasteiger partial charge in [-0.2, -0.15) is 0 Å². The van der Waals surface area contributed by atoms with E-state index in [2.05, 4.69) is 0 Å². The molecule has 140 valence electrons. The van der Waals surface area contributed by atoms with Crippen molar-refractivity contribution in [2.45, 2.75) is 32.0 Å². The van der Waals surface area contributed by atoms with Gasteiger partial charge in [0.15, 0.2) is 6.10 Å². The van der Waals surface area contributed by atoms with Crippen molar-refractivity contribution >= 4 is 23.5 Å². The molecule has 2 aromatic carbocycles. The van der Waals surface area contributed by atoms with Crippen LogP contribution in [0.25, 0.3) is 0 Å². The first-order valence-electron chi connectivity index (χ1n) is 9.10. The predicted molar refractivity (Wildman–Crippen MR) is 101 cm³/mol. The summed E-state index contributed by atoms with van der Waals surface area (Å²) in [6.45, 7) is 1.80. The van der Waals surface area contributed by atoms with Crippen molar-refractivity contribution in [1.29, 1.82) is 0 Å². The Morgan fingerprint density at radius 1 is 1.11 bits per heavy atom. The second kappa shape index (κ2) is 7.61. The van der Waals surface area contributed by atoms with Crippen LogP contribution in [0.4, 0.5) is 0 Å². The smallest absolute Gasteiger partial charge is 0.348 e. The molecule has 0 unspecified atom stereocenters. The topological polar surface area (TPSA) is 55.8 Å². The van der Waals surface area contributed by atoms with E-state index in [9.17, 15) is 9.59 Å². The van der Waals surface area contributed by atoms with Crippen molar-refractivity contribution in [2.24, 2.45) is 0 Å². The summed E-state index contributed by atoms with van der Waals surface area (Å²) in [7, 11) is 0. The summed E-state index contributed by atoms with van der Waals surface area (Å²) in [6.07, 6.45) is 1.95. The van der Waals surface area contributed by atoms with Crippen molar-refractivity contribution in [3.63, 3.8) is 0 Å². The number of amides is 1. The number of carbonyl (C=O) groups is 2. The van der Waals surface area contributed by atoms with E-state index in [1.54, 1.807) is 30.3 Å². The normalized spacial score (nSPS) is 18.1. The Hall–Kier alpha value is -2.53. The number of hydrogen-bond acceptors (Lipinski definition) is 4. The molecule has 2 aliphatic heterocycles. The Morgan fingerprint density at radius 2 is 1.85 bits per heavy atom. The number of carbonyl (C=O) groups excluding carboxylic acids is 2. The molecular weight excluding hydrogens is 366 g/mol. The largest absolute Gasteiger partial charge is 0.478 e. The first-order valence-corrected chi connectivity index (χ1v) is 9.48. The van der Waals surface area contributed by atoms with Crippen LogP contribution >= 0.6 is 11.6 Å². The first-order chi connectivity index (χ1) is 13.1. The number of benzene rings is 2. The lowest BCUT2D eigenvalue weighted by Crippen LogP contribution is -2.28. The lowest BCUT2D eigenvalue weighted by Gasteiger charge is -2.15. The van der Waals surface area contributed by atoms with Gasteiger partial charge in [-0.15, -0.1) is 0 Å². The summed E-state index contributed by atoms with van der Waals surface area (Å²) in [5.74, 6) is 0.331. The van der Waals surface area contributed by atoms with Gasteiger partial charge >= 0.3 is 5.97 Å². The molecule has 4 rings (SSSR count). The highest BCUT2D eigenvalue weighted by atomic mass is 35.5. The van der Waals surface area contributed by atoms with Gasteiger partial charge in [0.05, 0.1) is 0 Å². The number of likely N-dealkylation sites (tertiary alicyclic amines) is 1. The van der Waals surface area contributed by atoms with Gasteiger partial charge in [0.1, 0.15) is 12.4 Å². The van der Waals surface area contributed by atoms with Crippen LogP contribution in [0, 0.1) is 0 Å². The fraction of sp³-hybridized carbons (Fsp3) is 0.333. The molecule has 1 fully saturated rings. The summed E-state index contributed by atoms with van der Waals surface area (Å²) in [5.41, 5.74) is 2.41. The second-order valence-corrected chi connectivity index (χ2v) is 7.30. The Bertz CT molecular complexity index is 859. The predicted octanol–water partition coefficient (Wildman–Crippen LogP) is 3.62. The van der Waals surface area contributed by atoms with E-state index in [4.69, 9.17) is 21.1 Å². The lowest BCUT2D eigenvalue weighted by molar-refractivity contribution is -0.152. The third-order valence-electron chi connectivity index (χ3n) is 4.94. The molecule has 1 atom stereocenters. The number of halogens is 1. The van der Waals surface area contributed by atoms with E-state index in [0.29, 0.717) is 22.8 Å².